The number of nitrogens with one attached hydrogen (secondary N) is 1. The molecule has 0 saturated carbocycles. The fourth-order valence-electron chi connectivity index (χ4n) is 4.19. The third-order valence-corrected chi connectivity index (χ3v) is 7.88. The molecule has 4 rings (SSSR count). The van der Waals surface area contributed by atoms with E-state index < -0.39 is 44.1 Å². The van der Waals surface area contributed by atoms with E-state index in [-0.39, 0.29) is 32.7 Å². The third-order valence-electron chi connectivity index (χ3n) is 6.35. The van der Waals surface area contributed by atoms with Crippen molar-refractivity contribution in [1.82, 2.24) is 14.7 Å². The van der Waals surface area contributed by atoms with Gasteiger partial charge in [-0.3, -0.25) is 27.9 Å². The zero-order valence-corrected chi connectivity index (χ0v) is 23.9. The molecule has 0 aliphatic carbocycles. The zero-order chi connectivity index (χ0) is 30.0. The SMILES string of the molecule is Cc1cn([C@H]2C[C@H](OP(=O)(OCCC#N)OCCCCOCc3cc(-c4ccccc4)no3)[C@@H](CO)O2)c(=O)[nH]c1=O. The molecule has 14 nitrogen and oxygen atoms in total. The number of H-pyrrole nitrogens is 1. The molecule has 0 amide bonds. The van der Waals surface area contributed by atoms with Crippen LogP contribution >= 0.6 is 7.82 Å². The van der Waals surface area contributed by atoms with E-state index in [1.54, 1.807) is 0 Å². The minimum absolute atomic E-state index is 0.00697. The largest absolute Gasteiger partial charge is 0.475 e. The molecule has 4 atom stereocenters. The molecule has 2 aromatic heterocycles. The van der Waals surface area contributed by atoms with Crippen molar-refractivity contribution in [2.75, 3.05) is 26.4 Å². The Morgan fingerprint density at radius 1 is 1.19 bits per heavy atom. The number of ether oxygens (including phenoxy) is 2. The van der Waals surface area contributed by atoms with Gasteiger partial charge in [0.1, 0.15) is 30.7 Å². The second-order valence-electron chi connectivity index (χ2n) is 9.50. The second kappa shape index (κ2) is 15.2. The van der Waals surface area contributed by atoms with E-state index in [4.69, 9.17) is 32.8 Å². The maximum atomic E-state index is 13.4. The number of aliphatic hydroxyl groups excluding tert-OH is 1. The highest BCUT2D eigenvalue weighted by molar-refractivity contribution is 7.48. The van der Waals surface area contributed by atoms with E-state index in [2.05, 4.69) is 10.1 Å². The maximum absolute atomic E-state index is 13.4. The summed E-state index contributed by atoms with van der Waals surface area (Å²) < 4.78 is 47.8. The van der Waals surface area contributed by atoms with Gasteiger partial charge in [-0.15, -0.1) is 0 Å². The van der Waals surface area contributed by atoms with Crippen LogP contribution in [0.2, 0.25) is 0 Å². The first-order valence-electron chi connectivity index (χ1n) is 13.4. The summed E-state index contributed by atoms with van der Waals surface area (Å²) in [6.45, 7) is 1.47. The average molecular weight is 605 g/mol. The molecule has 226 valence electrons. The summed E-state index contributed by atoms with van der Waals surface area (Å²) in [6.07, 6.45) is -0.456. The summed E-state index contributed by atoms with van der Waals surface area (Å²) in [6, 6.07) is 13.3. The van der Waals surface area contributed by atoms with E-state index in [1.165, 1.54) is 17.7 Å². The lowest BCUT2D eigenvalue weighted by molar-refractivity contribution is -0.0478. The van der Waals surface area contributed by atoms with Gasteiger partial charge in [0.15, 0.2) is 5.76 Å². The molecule has 15 heteroatoms. The Kier molecular flexibility index (Phi) is 11.4. The second-order valence-corrected chi connectivity index (χ2v) is 11.1. The van der Waals surface area contributed by atoms with Crippen LogP contribution in [-0.4, -0.2) is 58.4 Å². The number of hydrogen-bond donors (Lipinski definition) is 2. The number of benzene rings is 1. The molecule has 2 N–H and O–H groups in total. The minimum atomic E-state index is -4.18. The first kappa shape index (κ1) is 31.5. The van der Waals surface area contributed by atoms with Crippen LogP contribution in [0.5, 0.6) is 0 Å². The van der Waals surface area contributed by atoms with Crippen LogP contribution in [0.25, 0.3) is 11.3 Å². The number of aryl methyl sites for hydroxylation is 1. The Labute approximate surface area is 241 Å². The van der Waals surface area contributed by atoms with Crippen molar-refractivity contribution in [1.29, 1.82) is 5.26 Å². The highest BCUT2D eigenvalue weighted by atomic mass is 31.2. The summed E-state index contributed by atoms with van der Waals surface area (Å²) in [5.41, 5.74) is 0.736. The Morgan fingerprint density at radius 3 is 2.71 bits per heavy atom. The predicted molar refractivity (Wildman–Crippen MR) is 147 cm³/mol. The molecule has 1 saturated heterocycles. The number of aromatic amines is 1. The van der Waals surface area contributed by atoms with Crippen molar-refractivity contribution in [2.24, 2.45) is 0 Å². The van der Waals surface area contributed by atoms with Crippen molar-refractivity contribution >= 4 is 7.82 Å². The van der Waals surface area contributed by atoms with Crippen molar-refractivity contribution in [2.45, 2.75) is 57.6 Å². The first-order chi connectivity index (χ1) is 20.3. The van der Waals surface area contributed by atoms with Crippen molar-refractivity contribution in [3.05, 3.63) is 74.8 Å². The predicted octanol–water partition coefficient (Wildman–Crippen LogP) is 3.22. The van der Waals surface area contributed by atoms with Gasteiger partial charge in [-0.05, 0) is 19.8 Å². The number of hydrogen-bond acceptors (Lipinski definition) is 12. The molecule has 1 fully saturated rings. The van der Waals surface area contributed by atoms with E-state index in [0.29, 0.717) is 30.8 Å². The number of phosphoric acid groups is 1. The van der Waals surface area contributed by atoms with Crippen LogP contribution in [0.1, 0.15) is 43.2 Å². The van der Waals surface area contributed by atoms with Crippen LogP contribution < -0.4 is 11.2 Å². The first-order valence-corrected chi connectivity index (χ1v) is 14.9. The summed E-state index contributed by atoms with van der Waals surface area (Å²) in [7, 11) is -4.18. The number of nitriles is 1. The van der Waals surface area contributed by atoms with Crippen molar-refractivity contribution < 1.29 is 37.2 Å². The summed E-state index contributed by atoms with van der Waals surface area (Å²) in [4.78, 5) is 26.2. The highest BCUT2D eigenvalue weighted by Gasteiger charge is 2.42. The Bertz CT molecular complexity index is 1500. The zero-order valence-electron chi connectivity index (χ0n) is 23.0. The van der Waals surface area contributed by atoms with Gasteiger partial charge in [-0.1, -0.05) is 35.5 Å². The van der Waals surface area contributed by atoms with E-state index in [9.17, 15) is 19.3 Å². The maximum Gasteiger partial charge on any atom is 0.475 e. The molecule has 1 unspecified atom stereocenters. The molecule has 1 aliphatic rings. The molecule has 42 heavy (non-hydrogen) atoms. The summed E-state index contributed by atoms with van der Waals surface area (Å²) in [5, 5.41) is 22.7. The number of aliphatic hydroxyl groups is 1. The van der Waals surface area contributed by atoms with Crippen LogP contribution in [0, 0.1) is 18.3 Å². The number of phosphoric ester groups is 1. The van der Waals surface area contributed by atoms with Crippen LogP contribution in [-0.2, 0) is 34.2 Å². The smallest absolute Gasteiger partial charge is 0.394 e. The molecule has 1 aromatic carbocycles. The van der Waals surface area contributed by atoms with Gasteiger partial charge < -0.3 is 19.1 Å². The Hall–Kier alpha value is -3.41. The third kappa shape index (κ3) is 8.56. The molecule has 0 bridgehead atoms. The lowest BCUT2D eigenvalue weighted by Crippen LogP contribution is -2.33. The number of rotatable bonds is 16. The lowest BCUT2D eigenvalue weighted by Gasteiger charge is -2.23. The van der Waals surface area contributed by atoms with Gasteiger partial charge in [-0.2, -0.15) is 5.26 Å². The Balaban J connectivity index is 1.26. The van der Waals surface area contributed by atoms with Gasteiger partial charge >= 0.3 is 13.5 Å². The van der Waals surface area contributed by atoms with Gasteiger partial charge in [0.25, 0.3) is 5.56 Å². The molecular weight excluding hydrogens is 571 g/mol. The summed E-state index contributed by atoms with van der Waals surface area (Å²) in [5.74, 6) is 0.587. The minimum Gasteiger partial charge on any atom is -0.394 e. The van der Waals surface area contributed by atoms with Crippen LogP contribution in [0.3, 0.4) is 0 Å². The highest BCUT2D eigenvalue weighted by Crippen LogP contribution is 2.53. The normalized spacial score (nSPS) is 19.9. The average Bonchev–Trinajstić information content (AvgIpc) is 3.62. The fourth-order valence-corrected chi connectivity index (χ4v) is 5.61. The van der Waals surface area contributed by atoms with Gasteiger partial charge in [-0.25, -0.2) is 9.36 Å². The van der Waals surface area contributed by atoms with Crippen LogP contribution in [0.15, 0.2) is 56.7 Å². The van der Waals surface area contributed by atoms with E-state index >= 15 is 0 Å². The molecule has 0 spiro atoms. The fraction of sp³-hybridized carbons (Fsp3) is 0.481. The molecular formula is C27H33N4O10P. The van der Waals surface area contributed by atoms with E-state index in [1.807, 2.05) is 42.5 Å². The molecule has 3 aromatic rings. The molecule has 0 radical (unpaired) electrons. The Morgan fingerprint density at radius 2 is 1.95 bits per heavy atom. The molecule has 3 heterocycles. The number of aromatic nitrogens is 3. The van der Waals surface area contributed by atoms with Gasteiger partial charge in [0.05, 0.1) is 32.3 Å². The van der Waals surface area contributed by atoms with Gasteiger partial charge in [0, 0.05) is 36.4 Å². The number of unbranched alkanes of at least 4 members (excludes halogenated alkanes) is 1. The van der Waals surface area contributed by atoms with E-state index in [0.717, 1.165) is 11.3 Å². The number of nitrogens with zero attached hydrogens (tertiary/aromatic N) is 3. The standard InChI is InChI=1S/C27H33N4O10P/c1-19-16-31(27(34)29-26(19)33)25-15-23(24(17-32)39-25)41-42(35,38-13-7-10-28)37-12-6-5-11-36-18-21-14-22(30-40-21)20-8-3-2-4-9-20/h2-4,8-9,14,16,23-25,32H,5-7,11-13,15,17-18H2,1H3,(H,29,33,34)/t23-,24+,25+,42?/m0/s1. The quantitative estimate of drug-likeness (QED) is 0.180. The summed E-state index contributed by atoms with van der Waals surface area (Å²) >= 11 is 0. The lowest BCUT2D eigenvalue weighted by atomic mass is 10.1. The van der Waals surface area contributed by atoms with Crippen molar-refractivity contribution in [3.8, 4) is 17.3 Å². The van der Waals surface area contributed by atoms with Crippen molar-refractivity contribution in [3.63, 3.8) is 0 Å². The molecule has 1 aliphatic heterocycles. The monoisotopic (exact) mass is 604 g/mol. The topological polar surface area (TPSA) is 188 Å². The van der Waals surface area contributed by atoms with Gasteiger partial charge in [0.2, 0.25) is 0 Å². The van der Waals surface area contributed by atoms with Crippen LogP contribution in [0.4, 0.5) is 0 Å².